The molecule has 4 heterocycles. The summed E-state index contributed by atoms with van der Waals surface area (Å²) in [4.78, 5) is 27.3. The van der Waals surface area contributed by atoms with Crippen molar-refractivity contribution in [3.05, 3.63) is 29.5 Å². The number of hydrogen-bond donors (Lipinski definition) is 3. The number of hydrogen-bond acceptors (Lipinski definition) is 9. The second kappa shape index (κ2) is 9.54. The molecule has 1 aliphatic carbocycles. The van der Waals surface area contributed by atoms with Crippen LogP contribution < -0.4 is 20.1 Å². The smallest absolute Gasteiger partial charge is 0.257 e. The molecular weight excluding hydrogens is 462 g/mol. The van der Waals surface area contributed by atoms with Crippen LogP contribution in [-0.4, -0.2) is 64.9 Å². The number of benzene rings is 1. The molecule has 6 rings (SSSR count). The Hall–Kier alpha value is -4.04. The second-order valence-corrected chi connectivity index (χ2v) is 9.17. The van der Waals surface area contributed by atoms with E-state index >= 15 is 0 Å². The van der Waals surface area contributed by atoms with Gasteiger partial charge in [-0.3, -0.25) is 4.79 Å². The van der Waals surface area contributed by atoms with E-state index < -0.39 is 0 Å². The molecule has 1 amide bonds. The standard InChI is InChI=1S/C25H27N7O4/c26-12-15-13-27-22-19(15)23(28-16-4-2-1-3-5-16)31-25(30-22)29-18-7-6-17(20-21(18)36-14-35-20)24(33)32-8-10-34-11-9-32/h6-7,13,16H,1-5,8-11,14H2,(H3,27,28,29,30,31). The van der Waals surface area contributed by atoms with Gasteiger partial charge in [0.25, 0.3) is 5.91 Å². The Kier molecular flexibility index (Phi) is 5.95. The van der Waals surface area contributed by atoms with E-state index in [1.54, 1.807) is 23.2 Å². The topological polar surface area (TPSA) is 137 Å². The van der Waals surface area contributed by atoms with Gasteiger partial charge in [-0.25, -0.2) is 0 Å². The molecule has 0 spiro atoms. The summed E-state index contributed by atoms with van der Waals surface area (Å²) < 4.78 is 16.8. The van der Waals surface area contributed by atoms with Gasteiger partial charge in [-0.15, -0.1) is 0 Å². The fourth-order valence-electron chi connectivity index (χ4n) is 5.04. The van der Waals surface area contributed by atoms with Crippen molar-refractivity contribution in [3.8, 4) is 17.6 Å². The van der Waals surface area contributed by atoms with Gasteiger partial charge in [0.2, 0.25) is 12.7 Å². The molecule has 2 aliphatic heterocycles. The third-order valence-electron chi connectivity index (χ3n) is 6.89. The van der Waals surface area contributed by atoms with E-state index in [0.717, 1.165) is 12.8 Å². The number of morpholine rings is 1. The quantitative estimate of drug-likeness (QED) is 0.491. The summed E-state index contributed by atoms with van der Waals surface area (Å²) in [5, 5.41) is 17.1. The Morgan fingerprint density at radius 1 is 1.11 bits per heavy atom. The number of fused-ring (bicyclic) bond motifs is 2. The molecule has 36 heavy (non-hydrogen) atoms. The lowest BCUT2D eigenvalue weighted by atomic mass is 9.95. The van der Waals surface area contributed by atoms with Crippen LogP contribution >= 0.6 is 0 Å². The SMILES string of the molecule is N#Cc1c[nH]c2nc(Nc3ccc(C(=O)N4CCOCC4)c4c3OCO4)nc(NC3CCCCC3)c12. The first-order chi connectivity index (χ1) is 17.7. The summed E-state index contributed by atoms with van der Waals surface area (Å²) in [5.74, 6) is 1.71. The summed E-state index contributed by atoms with van der Waals surface area (Å²) >= 11 is 0. The molecule has 3 aromatic rings. The number of aromatic nitrogens is 3. The normalized spacial score (nSPS) is 17.7. The van der Waals surface area contributed by atoms with Crippen molar-refractivity contribution in [2.45, 2.75) is 38.1 Å². The van der Waals surface area contributed by atoms with Crippen molar-refractivity contribution >= 4 is 34.4 Å². The molecule has 0 radical (unpaired) electrons. The average molecular weight is 490 g/mol. The molecule has 11 nitrogen and oxygen atoms in total. The number of anilines is 3. The van der Waals surface area contributed by atoms with Crippen LogP contribution in [0.4, 0.5) is 17.5 Å². The van der Waals surface area contributed by atoms with Crippen LogP contribution in [-0.2, 0) is 4.74 Å². The van der Waals surface area contributed by atoms with Crippen molar-refractivity contribution < 1.29 is 19.0 Å². The number of rotatable bonds is 5. The molecule has 1 saturated heterocycles. The zero-order valence-corrected chi connectivity index (χ0v) is 19.8. The van der Waals surface area contributed by atoms with Crippen LogP contribution in [0.5, 0.6) is 11.5 Å². The van der Waals surface area contributed by atoms with E-state index in [0.29, 0.717) is 83.5 Å². The minimum absolute atomic E-state index is 0.0218. The summed E-state index contributed by atoms with van der Waals surface area (Å²) in [6.07, 6.45) is 7.38. The van der Waals surface area contributed by atoms with Crippen molar-refractivity contribution in [3.63, 3.8) is 0 Å². The van der Waals surface area contributed by atoms with Gasteiger partial charge in [-0.2, -0.15) is 15.2 Å². The van der Waals surface area contributed by atoms with Gasteiger partial charge in [0, 0.05) is 25.3 Å². The minimum atomic E-state index is -0.112. The highest BCUT2D eigenvalue weighted by Gasteiger charge is 2.29. The molecular formula is C25H27N7O4. The summed E-state index contributed by atoms with van der Waals surface area (Å²) in [6.45, 7) is 2.15. The van der Waals surface area contributed by atoms with Crippen LogP contribution in [0.1, 0.15) is 48.0 Å². The van der Waals surface area contributed by atoms with Crippen molar-refractivity contribution in [2.75, 3.05) is 43.7 Å². The van der Waals surface area contributed by atoms with E-state index in [9.17, 15) is 10.1 Å². The lowest BCUT2D eigenvalue weighted by molar-refractivity contribution is 0.0300. The van der Waals surface area contributed by atoms with Gasteiger partial charge >= 0.3 is 0 Å². The van der Waals surface area contributed by atoms with Crippen LogP contribution in [0.3, 0.4) is 0 Å². The maximum Gasteiger partial charge on any atom is 0.257 e. The third-order valence-corrected chi connectivity index (χ3v) is 6.89. The molecule has 3 aliphatic rings. The number of ether oxygens (including phenoxy) is 3. The third kappa shape index (κ3) is 4.13. The Morgan fingerprint density at radius 3 is 2.72 bits per heavy atom. The maximum atomic E-state index is 13.1. The van der Waals surface area contributed by atoms with Gasteiger partial charge < -0.3 is 34.7 Å². The van der Waals surface area contributed by atoms with E-state index in [2.05, 4.69) is 26.7 Å². The van der Waals surface area contributed by atoms with E-state index in [-0.39, 0.29) is 12.7 Å². The Balaban J connectivity index is 1.32. The number of nitriles is 1. The van der Waals surface area contributed by atoms with Gasteiger partial charge in [-0.1, -0.05) is 19.3 Å². The lowest BCUT2D eigenvalue weighted by Gasteiger charge is -2.27. The number of carbonyl (C=O) groups excluding carboxylic acids is 1. The molecule has 1 saturated carbocycles. The van der Waals surface area contributed by atoms with Gasteiger partial charge in [-0.05, 0) is 25.0 Å². The van der Waals surface area contributed by atoms with Crippen LogP contribution in [0, 0.1) is 11.3 Å². The average Bonchev–Trinajstić information content (AvgIpc) is 3.57. The van der Waals surface area contributed by atoms with Crippen molar-refractivity contribution in [1.29, 1.82) is 5.26 Å². The van der Waals surface area contributed by atoms with E-state index in [1.165, 1.54) is 19.3 Å². The molecule has 2 aromatic heterocycles. The first kappa shape index (κ1) is 22.4. The van der Waals surface area contributed by atoms with Crippen LogP contribution in [0.15, 0.2) is 18.3 Å². The molecule has 1 aromatic carbocycles. The zero-order valence-electron chi connectivity index (χ0n) is 19.8. The highest BCUT2D eigenvalue weighted by atomic mass is 16.7. The van der Waals surface area contributed by atoms with Gasteiger partial charge in [0.15, 0.2) is 11.5 Å². The Morgan fingerprint density at radius 2 is 1.92 bits per heavy atom. The first-order valence-corrected chi connectivity index (χ1v) is 12.3. The van der Waals surface area contributed by atoms with Crippen molar-refractivity contribution in [1.82, 2.24) is 19.9 Å². The van der Waals surface area contributed by atoms with E-state index in [1.807, 2.05) is 0 Å². The molecule has 3 N–H and O–H groups in total. The molecule has 0 unspecified atom stereocenters. The van der Waals surface area contributed by atoms with E-state index in [4.69, 9.17) is 19.2 Å². The predicted molar refractivity (Wildman–Crippen MR) is 132 cm³/mol. The molecule has 0 atom stereocenters. The summed E-state index contributed by atoms with van der Waals surface area (Å²) in [6, 6.07) is 6.03. The van der Waals surface area contributed by atoms with Gasteiger partial charge in [0.1, 0.15) is 17.5 Å². The number of H-pyrrole nitrogens is 1. The molecule has 186 valence electrons. The number of aromatic amines is 1. The number of nitrogens with one attached hydrogen (secondary N) is 3. The fraction of sp³-hybridized carbons (Fsp3) is 0.440. The van der Waals surface area contributed by atoms with Crippen molar-refractivity contribution in [2.24, 2.45) is 0 Å². The molecule has 11 heteroatoms. The second-order valence-electron chi connectivity index (χ2n) is 9.17. The van der Waals surface area contributed by atoms with Crippen LogP contribution in [0.25, 0.3) is 11.0 Å². The Bertz CT molecular complexity index is 1340. The fourth-order valence-corrected chi connectivity index (χ4v) is 5.04. The first-order valence-electron chi connectivity index (χ1n) is 12.3. The number of amides is 1. The molecule has 0 bridgehead atoms. The Labute approximate surface area is 207 Å². The monoisotopic (exact) mass is 489 g/mol. The minimum Gasteiger partial charge on any atom is -0.453 e. The van der Waals surface area contributed by atoms with Gasteiger partial charge in [0.05, 0.1) is 35.4 Å². The number of nitrogens with zero attached hydrogens (tertiary/aromatic N) is 4. The summed E-state index contributed by atoms with van der Waals surface area (Å²) in [7, 11) is 0. The predicted octanol–water partition coefficient (Wildman–Crippen LogP) is 3.52. The largest absolute Gasteiger partial charge is 0.453 e. The molecule has 2 fully saturated rings. The maximum absolute atomic E-state index is 13.1. The zero-order chi connectivity index (χ0) is 24.5. The number of carbonyl (C=O) groups is 1. The van der Waals surface area contributed by atoms with Crippen LogP contribution in [0.2, 0.25) is 0 Å². The summed E-state index contributed by atoms with van der Waals surface area (Å²) in [5.41, 5.74) is 2.11. The lowest BCUT2D eigenvalue weighted by Crippen LogP contribution is -2.40. The highest BCUT2D eigenvalue weighted by molar-refractivity contribution is 5.99. The highest BCUT2D eigenvalue weighted by Crippen LogP contribution is 2.43.